The highest BCUT2D eigenvalue weighted by atomic mass is 19.1. The molecule has 4 fully saturated rings. The third-order valence-corrected chi connectivity index (χ3v) is 8.78. The summed E-state index contributed by atoms with van der Waals surface area (Å²) in [5.74, 6) is 1.66. The van der Waals surface area contributed by atoms with E-state index < -0.39 is 5.60 Å². The van der Waals surface area contributed by atoms with Crippen LogP contribution in [0.4, 0.5) is 4.39 Å². The number of quaternary nitrogens is 1. The second-order valence-electron chi connectivity index (χ2n) is 11.0. The lowest BCUT2D eigenvalue weighted by Crippen LogP contribution is -2.64. The summed E-state index contributed by atoms with van der Waals surface area (Å²) in [5.41, 5.74) is -0.804. The van der Waals surface area contributed by atoms with Gasteiger partial charge in [0, 0.05) is 18.8 Å². The molecule has 6 nitrogen and oxygen atoms in total. The Morgan fingerprint density at radius 2 is 1.67 bits per heavy atom. The highest BCUT2D eigenvalue weighted by Gasteiger charge is 2.48. The number of nitrogens with zero attached hydrogens (tertiary/aromatic N) is 3. The Bertz CT molecular complexity index is 1150. The van der Waals surface area contributed by atoms with Gasteiger partial charge < -0.3 is 18.7 Å². The van der Waals surface area contributed by atoms with Gasteiger partial charge in [0.1, 0.15) is 18.1 Å². The first-order chi connectivity index (χ1) is 17.5. The van der Waals surface area contributed by atoms with Crippen LogP contribution in [0.25, 0.3) is 0 Å². The molecule has 4 heterocycles. The Labute approximate surface area is 211 Å². The topological polar surface area (TPSA) is 71.2 Å². The molecule has 2 aromatic carbocycles. The molecule has 4 aliphatic rings. The van der Waals surface area contributed by atoms with E-state index >= 15 is 0 Å². The van der Waals surface area contributed by atoms with Crippen LogP contribution in [-0.2, 0) is 12.1 Å². The van der Waals surface area contributed by atoms with E-state index in [1.54, 1.807) is 12.1 Å². The quantitative estimate of drug-likeness (QED) is 0.453. The molecule has 7 rings (SSSR count). The minimum atomic E-state index is -1.52. The van der Waals surface area contributed by atoms with Gasteiger partial charge in [-0.25, -0.2) is 4.39 Å². The number of hydrogen-bond acceptors (Lipinski definition) is 5. The Hall–Kier alpha value is -2.77. The van der Waals surface area contributed by atoms with Gasteiger partial charge >= 0.3 is 0 Å². The van der Waals surface area contributed by atoms with Gasteiger partial charge in [0.25, 0.3) is 5.89 Å². The van der Waals surface area contributed by atoms with Gasteiger partial charge in [-0.05, 0) is 41.3 Å². The third-order valence-electron chi connectivity index (χ3n) is 8.78. The first kappa shape index (κ1) is 23.6. The summed E-state index contributed by atoms with van der Waals surface area (Å²) in [6, 6.07) is 15.9. The fraction of sp³-hybridized carbons (Fsp3) is 0.517. The van der Waals surface area contributed by atoms with Crippen molar-refractivity contribution in [3.8, 4) is 5.75 Å². The second-order valence-corrected chi connectivity index (χ2v) is 11.0. The zero-order chi connectivity index (χ0) is 24.6. The Morgan fingerprint density at radius 3 is 2.39 bits per heavy atom. The maximum atomic E-state index is 14.6. The van der Waals surface area contributed by atoms with Gasteiger partial charge in [0.15, 0.2) is 12.6 Å². The average Bonchev–Trinajstić information content (AvgIpc) is 3.39. The highest BCUT2D eigenvalue weighted by Crippen LogP contribution is 2.42. The van der Waals surface area contributed by atoms with Crippen molar-refractivity contribution < 1.29 is 23.1 Å². The standard InChI is InChI=1S/C29H34FN3O3/c30-24-11-13-25(14-12-24)35-26-19-33(17-15-21(26)16-18-33)20-27-31-32-28(36-27)29(34,22-7-3-1-4-8-22)23-9-5-2-6-10-23/h1,3-4,7-8,11-14,21,23,26H,2,5-6,9-10,15-20H2/t21?,26-,29-,33?/m0/s1. The number of benzene rings is 2. The van der Waals surface area contributed by atoms with E-state index in [0.717, 1.165) is 62.6 Å². The lowest BCUT2D eigenvalue weighted by Gasteiger charge is -2.51. The van der Waals surface area contributed by atoms with Crippen LogP contribution in [0.3, 0.4) is 0 Å². The SMILES string of the molecule is [O-][C@](c1ccccc1)(c1nnc(C[N+]23CCC(CC2)[C@@H](Oc2ccc(F)cc2)C3)o1)C1CCCCC1. The van der Waals surface area contributed by atoms with Crippen molar-refractivity contribution in [2.24, 2.45) is 11.8 Å². The van der Waals surface area contributed by atoms with Crippen LogP contribution in [-0.4, -0.2) is 40.4 Å². The van der Waals surface area contributed by atoms with Gasteiger partial charge in [0.2, 0.25) is 5.89 Å². The first-order valence-electron chi connectivity index (χ1n) is 13.4. The molecule has 2 bridgehead atoms. The normalized spacial score (nSPS) is 28.1. The molecule has 1 aromatic heterocycles. The predicted octanol–water partition coefficient (Wildman–Crippen LogP) is 4.58. The van der Waals surface area contributed by atoms with Crippen molar-refractivity contribution in [2.75, 3.05) is 19.6 Å². The zero-order valence-corrected chi connectivity index (χ0v) is 20.7. The maximum Gasteiger partial charge on any atom is 0.271 e. The maximum absolute atomic E-state index is 14.6. The number of halogens is 1. The molecule has 0 amide bonds. The zero-order valence-electron chi connectivity index (χ0n) is 20.7. The van der Waals surface area contributed by atoms with Crippen LogP contribution in [0.2, 0.25) is 0 Å². The monoisotopic (exact) mass is 491 g/mol. The van der Waals surface area contributed by atoms with Gasteiger partial charge in [-0.1, -0.05) is 62.4 Å². The predicted molar refractivity (Wildman–Crippen MR) is 130 cm³/mol. The van der Waals surface area contributed by atoms with Crippen LogP contribution >= 0.6 is 0 Å². The average molecular weight is 492 g/mol. The van der Waals surface area contributed by atoms with Crippen molar-refractivity contribution in [2.45, 2.75) is 63.2 Å². The molecule has 0 N–H and O–H groups in total. The molecule has 3 aromatic rings. The van der Waals surface area contributed by atoms with Gasteiger partial charge in [-0.3, -0.25) is 0 Å². The third kappa shape index (κ3) is 4.43. The number of fused-ring (bicyclic) bond motifs is 3. The summed E-state index contributed by atoms with van der Waals surface area (Å²) >= 11 is 0. The summed E-state index contributed by atoms with van der Waals surface area (Å²) < 4.78 is 26.7. The van der Waals surface area contributed by atoms with Gasteiger partial charge in [-0.2, -0.15) is 0 Å². The molecule has 2 atom stereocenters. The number of piperidine rings is 3. The molecule has 3 aliphatic heterocycles. The van der Waals surface area contributed by atoms with Crippen LogP contribution in [0, 0.1) is 17.7 Å². The van der Waals surface area contributed by atoms with Crippen LogP contribution in [0.15, 0.2) is 59.0 Å². The van der Waals surface area contributed by atoms with Crippen molar-refractivity contribution in [3.63, 3.8) is 0 Å². The molecular weight excluding hydrogens is 457 g/mol. The van der Waals surface area contributed by atoms with Crippen LogP contribution < -0.4 is 9.84 Å². The molecule has 0 spiro atoms. The van der Waals surface area contributed by atoms with Crippen molar-refractivity contribution in [1.29, 1.82) is 0 Å². The summed E-state index contributed by atoms with van der Waals surface area (Å²) in [6.45, 7) is 3.53. The lowest BCUT2D eigenvalue weighted by molar-refractivity contribution is -0.959. The fourth-order valence-corrected chi connectivity index (χ4v) is 6.75. The summed E-state index contributed by atoms with van der Waals surface area (Å²) in [6.07, 6.45) is 7.32. The second kappa shape index (κ2) is 9.60. The van der Waals surface area contributed by atoms with Crippen molar-refractivity contribution in [3.05, 3.63) is 77.8 Å². The van der Waals surface area contributed by atoms with Crippen LogP contribution in [0.1, 0.15) is 62.3 Å². The smallest absolute Gasteiger partial charge is 0.271 e. The highest BCUT2D eigenvalue weighted by molar-refractivity contribution is 5.29. The largest absolute Gasteiger partial charge is 0.839 e. The summed E-state index contributed by atoms with van der Waals surface area (Å²) in [7, 11) is 0. The molecular formula is C29H34FN3O3. The first-order valence-corrected chi connectivity index (χ1v) is 13.4. The molecule has 0 unspecified atom stereocenters. The van der Waals surface area contributed by atoms with E-state index in [2.05, 4.69) is 10.2 Å². The van der Waals surface area contributed by atoms with E-state index in [-0.39, 0.29) is 23.7 Å². The van der Waals surface area contributed by atoms with E-state index in [1.807, 2.05) is 30.3 Å². The molecule has 190 valence electrons. The van der Waals surface area contributed by atoms with E-state index in [1.165, 1.54) is 18.6 Å². The number of aromatic nitrogens is 2. The summed E-state index contributed by atoms with van der Waals surface area (Å²) in [4.78, 5) is 0. The van der Waals surface area contributed by atoms with E-state index in [4.69, 9.17) is 9.15 Å². The summed E-state index contributed by atoms with van der Waals surface area (Å²) in [5, 5.41) is 23.3. The molecule has 0 radical (unpaired) electrons. The Morgan fingerprint density at radius 1 is 0.944 bits per heavy atom. The number of rotatable bonds is 7. The minimum absolute atomic E-state index is 0.0480. The number of ether oxygens (including phenoxy) is 1. The Kier molecular flexibility index (Phi) is 6.30. The Balaban J connectivity index is 1.23. The number of hydrogen-bond donors (Lipinski definition) is 0. The molecule has 36 heavy (non-hydrogen) atoms. The van der Waals surface area contributed by atoms with Crippen LogP contribution in [0.5, 0.6) is 5.75 Å². The molecule has 3 saturated heterocycles. The van der Waals surface area contributed by atoms with Gasteiger partial charge in [-0.15, -0.1) is 10.2 Å². The van der Waals surface area contributed by atoms with Gasteiger partial charge in [0.05, 0.1) is 13.1 Å². The van der Waals surface area contributed by atoms with Crippen molar-refractivity contribution >= 4 is 0 Å². The molecule has 1 saturated carbocycles. The fourth-order valence-electron chi connectivity index (χ4n) is 6.75. The van der Waals surface area contributed by atoms with Crippen molar-refractivity contribution in [1.82, 2.24) is 10.2 Å². The van der Waals surface area contributed by atoms with E-state index in [9.17, 15) is 9.50 Å². The van der Waals surface area contributed by atoms with E-state index in [0.29, 0.717) is 29.7 Å². The minimum Gasteiger partial charge on any atom is -0.839 e. The molecule has 1 aliphatic carbocycles. The lowest BCUT2D eigenvalue weighted by atomic mass is 9.73. The molecule has 7 heteroatoms.